The molecule has 94 valence electrons. The van der Waals surface area contributed by atoms with Gasteiger partial charge in [-0.05, 0) is 23.6 Å². The predicted octanol–water partition coefficient (Wildman–Crippen LogP) is 2.32. The fourth-order valence-electron chi connectivity index (χ4n) is 1.43. The first kappa shape index (κ1) is 13.9. The van der Waals surface area contributed by atoms with E-state index in [0.29, 0.717) is 11.1 Å². The second kappa shape index (κ2) is 5.98. The largest absolute Gasteiger partial charge is 0.395 e. The molecule has 5 heteroatoms. The molecule has 0 aliphatic rings. The summed E-state index contributed by atoms with van der Waals surface area (Å²) in [5, 5.41) is 11.0. The number of aliphatic hydroxyl groups excluding tert-OH is 1. The Hall–Kier alpha value is -1.13. The monoisotopic (exact) mass is 259 g/mol. The van der Waals surface area contributed by atoms with Crippen molar-refractivity contribution in [2.24, 2.45) is 0 Å². The van der Waals surface area contributed by atoms with Crippen LogP contribution in [-0.2, 0) is 0 Å². The summed E-state index contributed by atoms with van der Waals surface area (Å²) in [5.74, 6) is -0.915. The molecule has 1 rings (SSSR count). The van der Waals surface area contributed by atoms with E-state index in [-0.39, 0.29) is 30.0 Å². The first-order chi connectivity index (χ1) is 7.97. The number of hydrogen-bond donors (Lipinski definition) is 2. The van der Waals surface area contributed by atoms with Crippen LogP contribution in [0, 0.1) is 5.82 Å². The summed E-state index contributed by atoms with van der Waals surface area (Å²) >= 11 is 5.74. The normalized spacial score (nSPS) is 10.7. The van der Waals surface area contributed by atoms with Crippen molar-refractivity contribution in [3.63, 3.8) is 0 Å². The highest BCUT2D eigenvalue weighted by Crippen LogP contribution is 2.26. The summed E-state index contributed by atoms with van der Waals surface area (Å²) in [6.45, 7) is 3.66. The zero-order valence-corrected chi connectivity index (χ0v) is 10.5. The van der Waals surface area contributed by atoms with Gasteiger partial charge in [0.2, 0.25) is 0 Å². The number of aliphatic hydroxyl groups is 1. The van der Waals surface area contributed by atoms with Gasteiger partial charge >= 0.3 is 0 Å². The summed E-state index contributed by atoms with van der Waals surface area (Å²) in [6, 6.07) is 2.77. The molecule has 0 heterocycles. The van der Waals surface area contributed by atoms with Crippen LogP contribution < -0.4 is 5.32 Å². The molecule has 0 spiro atoms. The topological polar surface area (TPSA) is 49.3 Å². The molecule has 1 amide bonds. The third-order valence-corrected chi connectivity index (χ3v) is 2.61. The lowest BCUT2D eigenvalue weighted by Gasteiger charge is -2.11. The van der Waals surface area contributed by atoms with Crippen LogP contribution >= 0.6 is 11.6 Å². The van der Waals surface area contributed by atoms with Crippen LogP contribution in [0.25, 0.3) is 0 Å². The number of nitrogens with one attached hydrogen (secondary N) is 1. The van der Waals surface area contributed by atoms with Crippen molar-refractivity contribution in [3.05, 3.63) is 34.1 Å². The van der Waals surface area contributed by atoms with Gasteiger partial charge < -0.3 is 10.4 Å². The molecule has 0 aliphatic heterocycles. The molecule has 0 bridgehead atoms. The molecular formula is C12H15ClFNO2. The van der Waals surface area contributed by atoms with Crippen molar-refractivity contribution in [2.45, 2.75) is 19.8 Å². The Bertz CT molecular complexity index is 421. The van der Waals surface area contributed by atoms with Crippen molar-refractivity contribution in [1.29, 1.82) is 0 Å². The fraction of sp³-hybridized carbons (Fsp3) is 0.417. The molecule has 0 saturated carbocycles. The Labute approximate surface area is 105 Å². The van der Waals surface area contributed by atoms with Gasteiger partial charge in [-0.15, -0.1) is 0 Å². The zero-order valence-electron chi connectivity index (χ0n) is 9.76. The van der Waals surface area contributed by atoms with Gasteiger partial charge in [-0.1, -0.05) is 25.4 Å². The van der Waals surface area contributed by atoms with E-state index >= 15 is 0 Å². The smallest absolute Gasteiger partial charge is 0.251 e. The van der Waals surface area contributed by atoms with Gasteiger partial charge in [0.15, 0.2) is 0 Å². The summed E-state index contributed by atoms with van der Waals surface area (Å²) in [6.07, 6.45) is 0. The van der Waals surface area contributed by atoms with Gasteiger partial charge in [-0.2, -0.15) is 0 Å². The molecule has 0 aromatic heterocycles. The second-order valence-electron chi connectivity index (χ2n) is 4.00. The van der Waals surface area contributed by atoms with E-state index in [0.717, 1.165) is 0 Å². The highest BCUT2D eigenvalue weighted by molar-refractivity contribution is 6.31. The van der Waals surface area contributed by atoms with Crippen LogP contribution in [-0.4, -0.2) is 24.2 Å². The van der Waals surface area contributed by atoms with Crippen molar-refractivity contribution in [2.75, 3.05) is 13.2 Å². The number of carbonyl (C=O) groups excluding carboxylic acids is 1. The summed E-state index contributed by atoms with van der Waals surface area (Å²) in [5.41, 5.74) is 0.709. The van der Waals surface area contributed by atoms with Gasteiger partial charge in [0.25, 0.3) is 5.91 Å². The van der Waals surface area contributed by atoms with Crippen LogP contribution in [0.4, 0.5) is 4.39 Å². The Balaban J connectivity index is 3.06. The van der Waals surface area contributed by atoms with Crippen molar-refractivity contribution in [3.8, 4) is 0 Å². The Morgan fingerprint density at radius 1 is 1.53 bits per heavy atom. The summed E-state index contributed by atoms with van der Waals surface area (Å²) in [4.78, 5) is 11.6. The third kappa shape index (κ3) is 3.41. The number of amides is 1. The maximum atomic E-state index is 13.6. The van der Waals surface area contributed by atoms with Gasteiger partial charge in [0, 0.05) is 12.1 Å². The lowest BCUT2D eigenvalue weighted by molar-refractivity contribution is 0.0944. The average Bonchev–Trinajstić information content (AvgIpc) is 2.28. The first-order valence-corrected chi connectivity index (χ1v) is 5.73. The minimum atomic E-state index is -0.486. The van der Waals surface area contributed by atoms with Crippen molar-refractivity contribution in [1.82, 2.24) is 5.32 Å². The van der Waals surface area contributed by atoms with Crippen molar-refractivity contribution < 1.29 is 14.3 Å². The minimum Gasteiger partial charge on any atom is -0.395 e. The Kier molecular flexibility index (Phi) is 4.90. The number of rotatable bonds is 4. The molecular weight excluding hydrogens is 245 g/mol. The number of benzene rings is 1. The molecule has 0 saturated heterocycles. The van der Waals surface area contributed by atoms with Gasteiger partial charge in [0.05, 0.1) is 11.6 Å². The lowest BCUT2D eigenvalue weighted by atomic mass is 10.00. The average molecular weight is 260 g/mol. The lowest BCUT2D eigenvalue weighted by Crippen LogP contribution is -2.26. The molecule has 0 unspecified atom stereocenters. The molecule has 0 atom stereocenters. The number of carbonyl (C=O) groups is 1. The van der Waals surface area contributed by atoms with Gasteiger partial charge in [-0.25, -0.2) is 4.39 Å². The Morgan fingerprint density at radius 2 is 2.18 bits per heavy atom. The van der Waals surface area contributed by atoms with Gasteiger partial charge in [-0.3, -0.25) is 4.79 Å². The van der Waals surface area contributed by atoms with Gasteiger partial charge in [0.1, 0.15) is 5.82 Å². The molecule has 1 aromatic carbocycles. The van der Waals surface area contributed by atoms with E-state index in [2.05, 4.69) is 5.32 Å². The molecule has 2 N–H and O–H groups in total. The van der Waals surface area contributed by atoms with E-state index in [1.165, 1.54) is 12.1 Å². The van der Waals surface area contributed by atoms with E-state index in [4.69, 9.17) is 16.7 Å². The minimum absolute atomic E-state index is 0.0573. The predicted molar refractivity (Wildman–Crippen MR) is 64.9 cm³/mol. The van der Waals surface area contributed by atoms with Crippen molar-refractivity contribution >= 4 is 17.5 Å². The van der Waals surface area contributed by atoms with Crippen LogP contribution in [0.3, 0.4) is 0 Å². The first-order valence-electron chi connectivity index (χ1n) is 5.35. The Morgan fingerprint density at radius 3 is 2.71 bits per heavy atom. The SMILES string of the molecule is CC(C)c1cc(C(=O)NCCO)cc(Cl)c1F. The van der Waals surface area contributed by atoms with E-state index in [1.807, 2.05) is 13.8 Å². The summed E-state index contributed by atoms with van der Waals surface area (Å²) < 4.78 is 13.6. The summed E-state index contributed by atoms with van der Waals surface area (Å²) in [7, 11) is 0. The molecule has 1 aromatic rings. The molecule has 0 fully saturated rings. The molecule has 3 nitrogen and oxygen atoms in total. The zero-order chi connectivity index (χ0) is 13.0. The number of halogens is 2. The third-order valence-electron chi connectivity index (χ3n) is 2.34. The molecule has 0 radical (unpaired) electrons. The van der Waals surface area contributed by atoms with E-state index in [9.17, 15) is 9.18 Å². The highest BCUT2D eigenvalue weighted by atomic mass is 35.5. The maximum absolute atomic E-state index is 13.6. The quantitative estimate of drug-likeness (QED) is 0.872. The maximum Gasteiger partial charge on any atom is 0.251 e. The standard InChI is InChI=1S/C12H15ClFNO2/c1-7(2)9-5-8(6-10(13)11(9)14)12(17)15-3-4-16/h5-7,16H,3-4H2,1-2H3,(H,15,17). The molecule has 0 aliphatic carbocycles. The van der Waals surface area contributed by atoms with Crippen LogP contribution in [0.15, 0.2) is 12.1 Å². The van der Waals surface area contributed by atoms with E-state index < -0.39 is 5.82 Å². The van der Waals surface area contributed by atoms with Crippen LogP contribution in [0.1, 0.15) is 35.7 Å². The number of hydrogen-bond acceptors (Lipinski definition) is 2. The second-order valence-corrected chi connectivity index (χ2v) is 4.40. The fourth-order valence-corrected chi connectivity index (χ4v) is 1.66. The van der Waals surface area contributed by atoms with E-state index in [1.54, 1.807) is 0 Å². The van der Waals surface area contributed by atoms with Crippen LogP contribution in [0.5, 0.6) is 0 Å². The highest BCUT2D eigenvalue weighted by Gasteiger charge is 2.15. The molecule has 17 heavy (non-hydrogen) atoms. The van der Waals surface area contributed by atoms with Crippen LogP contribution in [0.2, 0.25) is 5.02 Å².